The van der Waals surface area contributed by atoms with Gasteiger partial charge in [0, 0.05) is 19.3 Å². The van der Waals surface area contributed by atoms with Crippen molar-refractivity contribution >= 4 is 17.0 Å². The van der Waals surface area contributed by atoms with Gasteiger partial charge in [-0.3, -0.25) is 9.78 Å². The molecule has 1 saturated heterocycles. The molecule has 0 radical (unpaired) electrons. The number of nitrogens with zero attached hydrogens (tertiary/aromatic N) is 4. The molecule has 28 heavy (non-hydrogen) atoms. The summed E-state index contributed by atoms with van der Waals surface area (Å²) in [5.41, 5.74) is 10.9. The summed E-state index contributed by atoms with van der Waals surface area (Å²) in [6.45, 7) is 6.57. The molecule has 0 amide bonds. The summed E-state index contributed by atoms with van der Waals surface area (Å²) in [7, 11) is 0. The summed E-state index contributed by atoms with van der Waals surface area (Å²) in [5, 5.41) is 5.18. The van der Waals surface area contributed by atoms with Crippen molar-refractivity contribution in [2.45, 2.75) is 39.0 Å². The van der Waals surface area contributed by atoms with E-state index in [1.165, 1.54) is 29.5 Å². The highest BCUT2D eigenvalue weighted by molar-refractivity contribution is 5.75. The van der Waals surface area contributed by atoms with Gasteiger partial charge in [-0.2, -0.15) is 4.98 Å². The van der Waals surface area contributed by atoms with Crippen LogP contribution < -0.4 is 16.2 Å². The Balaban J connectivity index is 1.55. The maximum Gasteiger partial charge on any atom is 0.263 e. The van der Waals surface area contributed by atoms with Crippen molar-refractivity contribution in [3.63, 3.8) is 0 Å². The molecule has 1 atom stereocenters. The minimum Gasteiger partial charge on any atom is -0.342 e. The molecular formula is C21H26N6O. The minimum atomic E-state index is -0.146. The number of aromatic amines is 1. The first-order valence-electron chi connectivity index (χ1n) is 10.1. The Labute approximate surface area is 163 Å². The molecule has 1 aromatic carbocycles. The monoisotopic (exact) mass is 378 g/mol. The third-order valence-corrected chi connectivity index (χ3v) is 6.09. The first-order valence-corrected chi connectivity index (χ1v) is 10.1. The van der Waals surface area contributed by atoms with Crippen molar-refractivity contribution in [1.82, 2.24) is 19.7 Å². The number of nitrogens with one attached hydrogen (secondary N) is 1. The third-order valence-electron chi connectivity index (χ3n) is 6.09. The fraction of sp³-hybridized carbons (Fsp3) is 0.476. The van der Waals surface area contributed by atoms with E-state index in [2.05, 4.69) is 45.9 Å². The van der Waals surface area contributed by atoms with Crippen LogP contribution in [-0.4, -0.2) is 39.4 Å². The number of benzene rings is 1. The second kappa shape index (κ2) is 6.44. The summed E-state index contributed by atoms with van der Waals surface area (Å²) in [5.74, 6) is 1.76. The summed E-state index contributed by atoms with van der Waals surface area (Å²) >= 11 is 0. The zero-order valence-electron chi connectivity index (χ0n) is 16.4. The number of fused-ring (bicyclic) bond motifs is 1. The summed E-state index contributed by atoms with van der Waals surface area (Å²) in [6.07, 6.45) is 5.39. The van der Waals surface area contributed by atoms with Crippen LogP contribution >= 0.6 is 0 Å². The average molecular weight is 378 g/mol. The molecule has 3 heterocycles. The Bertz CT molecular complexity index is 1090. The second-order valence-corrected chi connectivity index (χ2v) is 8.31. The maximum absolute atomic E-state index is 12.7. The lowest BCUT2D eigenvalue weighted by molar-refractivity contribution is 0.602. The smallest absolute Gasteiger partial charge is 0.263 e. The summed E-state index contributed by atoms with van der Waals surface area (Å²) in [6, 6.07) is 4.51. The van der Waals surface area contributed by atoms with Crippen LogP contribution in [-0.2, 0) is 0 Å². The van der Waals surface area contributed by atoms with Crippen molar-refractivity contribution in [3.8, 4) is 5.69 Å². The predicted molar refractivity (Wildman–Crippen MR) is 110 cm³/mol. The highest BCUT2D eigenvalue weighted by Crippen LogP contribution is 2.41. The Morgan fingerprint density at radius 1 is 1.21 bits per heavy atom. The first-order chi connectivity index (χ1) is 13.5. The standard InChI is InChI=1S/C21H26N6O/c1-12-7-16(15-3-4-15)8-13(2)18(12)27-11-17-19(25-27)23-21(24-20(17)28)26-6-5-14(9-22)10-26/h7-8,11,14-15H,3-6,9-10,22H2,1-2H3,(H,23,24,25,28). The van der Waals surface area contributed by atoms with E-state index in [-0.39, 0.29) is 5.56 Å². The zero-order valence-corrected chi connectivity index (χ0v) is 16.4. The van der Waals surface area contributed by atoms with Crippen LogP contribution in [0, 0.1) is 19.8 Å². The molecule has 1 aliphatic heterocycles. The number of hydrogen-bond donors (Lipinski definition) is 2. The molecule has 3 aromatic rings. The van der Waals surface area contributed by atoms with E-state index in [4.69, 9.17) is 5.73 Å². The largest absolute Gasteiger partial charge is 0.342 e. The molecule has 7 heteroatoms. The van der Waals surface area contributed by atoms with Crippen LogP contribution in [0.25, 0.3) is 16.7 Å². The minimum absolute atomic E-state index is 0.146. The average Bonchev–Trinajstić information content (AvgIpc) is 3.24. The number of rotatable bonds is 4. The van der Waals surface area contributed by atoms with E-state index in [1.54, 1.807) is 6.20 Å². The lowest BCUT2D eigenvalue weighted by atomic mass is 10.0. The van der Waals surface area contributed by atoms with Crippen LogP contribution in [0.2, 0.25) is 0 Å². The van der Waals surface area contributed by atoms with E-state index in [1.807, 2.05) is 4.68 Å². The number of hydrogen-bond acceptors (Lipinski definition) is 5. The van der Waals surface area contributed by atoms with Crippen LogP contribution in [0.3, 0.4) is 0 Å². The quantitative estimate of drug-likeness (QED) is 0.727. The lowest BCUT2D eigenvalue weighted by Crippen LogP contribution is -2.26. The molecule has 2 fully saturated rings. The molecule has 146 valence electrons. The van der Waals surface area contributed by atoms with Crippen molar-refractivity contribution in [1.29, 1.82) is 0 Å². The second-order valence-electron chi connectivity index (χ2n) is 8.31. The fourth-order valence-electron chi connectivity index (χ4n) is 4.39. The van der Waals surface area contributed by atoms with Crippen molar-refractivity contribution in [3.05, 3.63) is 45.4 Å². The Kier molecular flexibility index (Phi) is 4.01. The van der Waals surface area contributed by atoms with E-state index in [9.17, 15) is 4.79 Å². The maximum atomic E-state index is 12.7. The van der Waals surface area contributed by atoms with Gasteiger partial charge in [-0.1, -0.05) is 12.1 Å². The summed E-state index contributed by atoms with van der Waals surface area (Å²) in [4.78, 5) is 22.3. The molecule has 5 rings (SSSR count). The molecule has 1 saturated carbocycles. The van der Waals surface area contributed by atoms with Gasteiger partial charge in [-0.15, -0.1) is 5.10 Å². The topological polar surface area (TPSA) is 92.8 Å². The van der Waals surface area contributed by atoms with Gasteiger partial charge >= 0.3 is 0 Å². The first kappa shape index (κ1) is 17.4. The molecule has 2 aliphatic rings. The highest BCUT2D eigenvalue weighted by Gasteiger charge is 2.26. The van der Waals surface area contributed by atoms with Crippen LogP contribution in [0.15, 0.2) is 23.1 Å². The number of nitrogens with two attached hydrogens (primary N) is 1. The van der Waals surface area contributed by atoms with Crippen LogP contribution in [0.4, 0.5) is 5.95 Å². The molecule has 2 aromatic heterocycles. The molecule has 1 unspecified atom stereocenters. The van der Waals surface area contributed by atoms with Gasteiger partial charge in [-0.25, -0.2) is 4.68 Å². The van der Waals surface area contributed by atoms with E-state index in [0.717, 1.165) is 25.2 Å². The van der Waals surface area contributed by atoms with Gasteiger partial charge in [0.25, 0.3) is 5.56 Å². The normalized spacial score (nSPS) is 19.7. The van der Waals surface area contributed by atoms with Gasteiger partial charge in [0.1, 0.15) is 5.39 Å². The number of H-pyrrole nitrogens is 1. The van der Waals surface area contributed by atoms with Crippen molar-refractivity contribution in [2.24, 2.45) is 11.7 Å². The SMILES string of the molecule is Cc1cc(C2CC2)cc(C)c1-n1cc2c(=O)[nH]c(N3CCC(CN)C3)nc2n1. The highest BCUT2D eigenvalue weighted by atomic mass is 16.1. The van der Waals surface area contributed by atoms with Gasteiger partial charge in [-0.05, 0) is 68.2 Å². The predicted octanol–water partition coefficient (Wildman–Crippen LogP) is 2.39. The van der Waals surface area contributed by atoms with Gasteiger partial charge in [0.2, 0.25) is 5.95 Å². The fourth-order valence-corrected chi connectivity index (χ4v) is 4.39. The van der Waals surface area contributed by atoms with E-state index >= 15 is 0 Å². The number of aromatic nitrogens is 4. The molecule has 0 bridgehead atoms. The van der Waals surface area contributed by atoms with Gasteiger partial charge < -0.3 is 10.6 Å². The number of anilines is 1. The Hall–Kier alpha value is -2.67. The third kappa shape index (κ3) is 2.90. The lowest BCUT2D eigenvalue weighted by Gasteiger charge is -2.16. The molecular weight excluding hydrogens is 352 g/mol. The Morgan fingerprint density at radius 3 is 2.61 bits per heavy atom. The Morgan fingerprint density at radius 2 is 1.96 bits per heavy atom. The molecule has 7 nitrogen and oxygen atoms in total. The number of aryl methyl sites for hydroxylation is 2. The van der Waals surface area contributed by atoms with Crippen LogP contribution in [0.1, 0.15) is 41.9 Å². The molecule has 1 aliphatic carbocycles. The molecule has 0 spiro atoms. The molecule has 3 N–H and O–H groups in total. The van der Waals surface area contributed by atoms with Gasteiger partial charge in [0.05, 0.1) is 5.69 Å². The zero-order chi connectivity index (χ0) is 19.4. The van der Waals surface area contributed by atoms with Crippen molar-refractivity contribution < 1.29 is 0 Å². The van der Waals surface area contributed by atoms with Crippen LogP contribution in [0.5, 0.6) is 0 Å². The van der Waals surface area contributed by atoms with E-state index < -0.39 is 0 Å². The van der Waals surface area contributed by atoms with Gasteiger partial charge in [0.15, 0.2) is 5.65 Å². The van der Waals surface area contributed by atoms with Crippen molar-refractivity contribution in [2.75, 3.05) is 24.5 Å². The summed E-state index contributed by atoms with van der Waals surface area (Å²) < 4.78 is 1.81. The van der Waals surface area contributed by atoms with E-state index in [0.29, 0.717) is 35.4 Å².